The summed E-state index contributed by atoms with van der Waals surface area (Å²) in [5, 5.41) is 0. The van der Waals surface area contributed by atoms with E-state index in [2.05, 4.69) is 13.0 Å². The Balaban J connectivity index is 1.98. The first-order chi connectivity index (χ1) is 7.33. The molecule has 2 nitrogen and oxygen atoms in total. The van der Waals surface area contributed by atoms with Gasteiger partial charge >= 0.3 is 0 Å². The van der Waals surface area contributed by atoms with Gasteiger partial charge in [0.2, 0.25) is 0 Å². The van der Waals surface area contributed by atoms with Crippen LogP contribution in [0.2, 0.25) is 0 Å². The van der Waals surface area contributed by atoms with Crippen molar-refractivity contribution in [2.45, 2.75) is 45.3 Å². The van der Waals surface area contributed by atoms with E-state index in [1.807, 2.05) is 0 Å². The maximum Gasteiger partial charge on any atom is 0.157 e. The van der Waals surface area contributed by atoms with Crippen molar-refractivity contribution < 1.29 is 9.47 Å². The number of rotatable bonds is 6. The number of halogens is 1. The predicted molar refractivity (Wildman–Crippen MR) is 63.3 cm³/mol. The molecule has 0 aromatic heterocycles. The van der Waals surface area contributed by atoms with E-state index in [0.29, 0.717) is 5.88 Å². The minimum Gasteiger partial charge on any atom is -0.353 e. The van der Waals surface area contributed by atoms with Gasteiger partial charge in [-0.2, -0.15) is 0 Å². The van der Waals surface area contributed by atoms with Crippen molar-refractivity contribution in [3.63, 3.8) is 0 Å². The van der Waals surface area contributed by atoms with Crippen LogP contribution in [0, 0.1) is 0 Å². The molecule has 1 aliphatic heterocycles. The van der Waals surface area contributed by atoms with Crippen LogP contribution in [0.25, 0.3) is 0 Å². The lowest BCUT2D eigenvalue weighted by atomic mass is 10.1. The summed E-state index contributed by atoms with van der Waals surface area (Å²) in [7, 11) is 0. The zero-order valence-corrected chi connectivity index (χ0v) is 10.3. The fraction of sp³-hybridized carbons (Fsp3) is 0.833. The minimum absolute atomic E-state index is 0.0519. The lowest BCUT2D eigenvalue weighted by molar-refractivity contribution is -0.162. The highest BCUT2D eigenvalue weighted by Crippen LogP contribution is 2.14. The molecule has 1 rings (SSSR count). The van der Waals surface area contributed by atoms with E-state index >= 15 is 0 Å². The second-order valence-corrected chi connectivity index (χ2v) is 4.28. The van der Waals surface area contributed by atoms with E-state index in [1.54, 1.807) is 0 Å². The molecule has 0 N–H and O–H groups in total. The van der Waals surface area contributed by atoms with Crippen LogP contribution in [-0.4, -0.2) is 25.4 Å². The summed E-state index contributed by atoms with van der Waals surface area (Å²) >= 11 is 5.60. The molecule has 0 saturated carbocycles. The Kier molecular flexibility index (Phi) is 7.07. The van der Waals surface area contributed by atoms with E-state index in [-0.39, 0.29) is 6.29 Å². The van der Waals surface area contributed by atoms with Crippen LogP contribution >= 0.6 is 11.6 Å². The Morgan fingerprint density at radius 3 is 3.07 bits per heavy atom. The van der Waals surface area contributed by atoms with Gasteiger partial charge in [-0.1, -0.05) is 11.6 Å². The van der Waals surface area contributed by atoms with E-state index in [1.165, 1.54) is 18.4 Å². The summed E-state index contributed by atoms with van der Waals surface area (Å²) in [5.74, 6) is 0.610. The van der Waals surface area contributed by atoms with Crippen LogP contribution in [0.4, 0.5) is 0 Å². The molecule has 0 bridgehead atoms. The van der Waals surface area contributed by atoms with Gasteiger partial charge in [0.15, 0.2) is 6.29 Å². The van der Waals surface area contributed by atoms with Gasteiger partial charge in [-0.05, 0) is 39.0 Å². The maximum absolute atomic E-state index is 5.63. The summed E-state index contributed by atoms with van der Waals surface area (Å²) in [6.07, 6.45) is 7.69. The molecule has 0 amide bonds. The number of hydrogen-bond acceptors (Lipinski definition) is 2. The monoisotopic (exact) mass is 232 g/mol. The molecule has 0 aromatic rings. The fourth-order valence-electron chi connectivity index (χ4n) is 1.64. The first kappa shape index (κ1) is 13.0. The first-order valence-corrected chi connectivity index (χ1v) is 6.31. The van der Waals surface area contributed by atoms with Crippen molar-refractivity contribution in [2.24, 2.45) is 0 Å². The van der Waals surface area contributed by atoms with Gasteiger partial charge in [-0.15, -0.1) is 11.6 Å². The van der Waals surface area contributed by atoms with Crippen molar-refractivity contribution >= 4 is 11.6 Å². The van der Waals surface area contributed by atoms with Crippen LogP contribution in [0.15, 0.2) is 11.6 Å². The molecule has 1 heterocycles. The number of ether oxygens (including phenoxy) is 2. The Hall–Kier alpha value is -0.0500. The van der Waals surface area contributed by atoms with Crippen LogP contribution in [0.5, 0.6) is 0 Å². The van der Waals surface area contributed by atoms with Crippen LogP contribution < -0.4 is 0 Å². The van der Waals surface area contributed by atoms with Crippen LogP contribution in [0.1, 0.15) is 39.0 Å². The van der Waals surface area contributed by atoms with E-state index in [4.69, 9.17) is 21.1 Å². The molecule has 1 atom stereocenters. The standard InChI is InChI=1S/C12H21ClO2/c1-11(7-8-13)5-4-10-15-12-6-2-3-9-14-12/h7,12H,2-6,8-10H2,1H3/b11-7-. The van der Waals surface area contributed by atoms with Crippen molar-refractivity contribution in [3.8, 4) is 0 Å². The summed E-state index contributed by atoms with van der Waals surface area (Å²) in [6, 6.07) is 0. The van der Waals surface area contributed by atoms with Crippen LogP contribution in [-0.2, 0) is 9.47 Å². The van der Waals surface area contributed by atoms with Crippen molar-refractivity contribution in [2.75, 3.05) is 19.1 Å². The molecule has 0 aromatic carbocycles. The number of alkyl halides is 1. The Morgan fingerprint density at radius 2 is 2.40 bits per heavy atom. The van der Waals surface area contributed by atoms with Crippen molar-refractivity contribution in [3.05, 3.63) is 11.6 Å². The van der Waals surface area contributed by atoms with Crippen LogP contribution in [0.3, 0.4) is 0 Å². The highest BCUT2D eigenvalue weighted by atomic mass is 35.5. The number of allylic oxidation sites excluding steroid dienone is 2. The van der Waals surface area contributed by atoms with Gasteiger partial charge in [0.1, 0.15) is 0 Å². The summed E-state index contributed by atoms with van der Waals surface area (Å²) in [6.45, 7) is 3.76. The third kappa shape index (κ3) is 6.18. The van der Waals surface area contributed by atoms with Crippen molar-refractivity contribution in [1.29, 1.82) is 0 Å². The highest BCUT2D eigenvalue weighted by Gasteiger charge is 2.13. The minimum atomic E-state index is 0.0519. The fourth-order valence-corrected chi connectivity index (χ4v) is 1.91. The normalized spacial score (nSPS) is 23.1. The molecular weight excluding hydrogens is 212 g/mol. The molecule has 0 aliphatic carbocycles. The topological polar surface area (TPSA) is 18.5 Å². The van der Waals surface area contributed by atoms with Crippen molar-refractivity contribution in [1.82, 2.24) is 0 Å². The first-order valence-electron chi connectivity index (χ1n) is 5.77. The Bertz CT molecular complexity index is 186. The Labute approximate surface area is 97.6 Å². The van der Waals surface area contributed by atoms with E-state index in [9.17, 15) is 0 Å². The lowest BCUT2D eigenvalue weighted by Gasteiger charge is -2.22. The average Bonchev–Trinajstić information content (AvgIpc) is 2.26. The second-order valence-electron chi connectivity index (χ2n) is 3.98. The molecule has 3 heteroatoms. The van der Waals surface area contributed by atoms with Gasteiger partial charge in [0.05, 0.1) is 6.61 Å². The molecule has 0 radical (unpaired) electrons. The SMILES string of the molecule is C/C(=C/CCl)CCCOC1CCCCO1. The number of hydrogen-bond donors (Lipinski definition) is 0. The third-order valence-electron chi connectivity index (χ3n) is 2.58. The molecule has 0 spiro atoms. The molecule has 1 saturated heterocycles. The predicted octanol–water partition coefficient (Wildman–Crippen LogP) is 3.49. The molecule has 88 valence electrons. The summed E-state index contributed by atoms with van der Waals surface area (Å²) < 4.78 is 11.1. The van der Waals surface area contributed by atoms with E-state index < -0.39 is 0 Å². The molecule has 15 heavy (non-hydrogen) atoms. The second kappa shape index (κ2) is 8.14. The highest BCUT2D eigenvalue weighted by molar-refractivity contribution is 6.18. The zero-order chi connectivity index (χ0) is 10.9. The molecule has 1 aliphatic rings. The summed E-state index contributed by atoms with van der Waals surface area (Å²) in [5.41, 5.74) is 1.35. The third-order valence-corrected chi connectivity index (χ3v) is 2.74. The maximum atomic E-state index is 5.63. The molecule has 1 fully saturated rings. The van der Waals surface area contributed by atoms with Gasteiger partial charge in [-0.25, -0.2) is 0 Å². The smallest absolute Gasteiger partial charge is 0.157 e. The molecular formula is C12H21ClO2. The Morgan fingerprint density at radius 1 is 1.53 bits per heavy atom. The van der Waals surface area contributed by atoms with Gasteiger partial charge in [0.25, 0.3) is 0 Å². The zero-order valence-electron chi connectivity index (χ0n) is 9.51. The van der Waals surface area contributed by atoms with Gasteiger partial charge in [0, 0.05) is 12.5 Å². The molecule has 1 unspecified atom stereocenters. The van der Waals surface area contributed by atoms with Gasteiger partial charge in [-0.3, -0.25) is 0 Å². The lowest BCUT2D eigenvalue weighted by Crippen LogP contribution is -2.22. The largest absolute Gasteiger partial charge is 0.353 e. The average molecular weight is 233 g/mol. The quantitative estimate of drug-likeness (QED) is 0.397. The van der Waals surface area contributed by atoms with E-state index in [0.717, 1.165) is 32.5 Å². The van der Waals surface area contributed by atoms with Gasteiger partial charge < -0.3 is 9.47 Å². The summed E-state index contributed by atoms with van der Waals surface area (Å²) in [4.78, 5) is 0.